The largest absolute Gasteiger partial charge is 0.488 e. The molecular weight excluding hydrogens is 693 g/mol. The molecule has 11 heteroatoms. The van der Waals surface area contributed by atoms with Crippen LogP contribution >= 0.6 is 0 Å². The van der Waals surface area contributed by atoms with Crippen molar-refractivity contribution in [1.82, 2.24) is 10.2 Å². The molecule has 0 spiro atoms. The highest BCUT2D eigenvalue weighted by molar-refractivity contribution is 6.74. The molecule has 2 aliphatic rings. The van der Waals surface area contributed by atoms with E-state index in [-0.39, 0.29) is 29.5 Å². The lowest BCUT2D eigenvalue weighted by Gasteiger charge is -2.48. The number of amides is 2. The van der Waals surface area contributed by atoms with Gasteiger partial charge in [-0.05, 0) is 90.6 Å². The molecule has 0 aromatic heterocycles. The van der Waals surface area contributed by atoms with E-state index in [2.05, 4.69) is 39.2 Å². The Kier molecular flexibility index (Phi) is 11.7. The summed E-state index contributed by atoms with van der Waals surface area (Å²) in [5.41, 5.74) is 3.11. The van der Waals surface area contributed by atoms with Gasteiger partial charge in [-0.1, -0.05) is 63.2 Å². The Hall–Kier alpha value is -4.58. The van der Waals surface area contributed by atoms with E-state index in [0.29, 0.717) is 56.2 Å². The topological polar surface area (TPSA) is 80.3 Å². The number of benzene rings is 4. The molecule has 4 aromatic carbocycles. The summed E-state index contributed by atoms with van der Waals surface area (Å²) in [6.07, 6.45) is 0.190. The minimum absolute atomic E-state index is 0.0689. The Morgan fingerprint density at radius 2 is 1.55 bits per heavy atom. The van der Waals surface area contributed by atoms with Gasteiger partial charge in [-0.25, -0.2) is 13.6 Å². The quantitative estimate of drug-likeness (QED) is 0.115. The maximum Gasteiger partial charge on any atom is 0.415 e. The number of piperazine rings is 1. The summed E-state index contributed by atoms with van der Waals surface area (Å²) in [4.78, 5) is 30.6. The Bertz CT molecular complexity index is 1860. The van der Waals surface area contributed by atoms with Gasteiger partial charge >= 0.3 is 6.09 Å². The Balaban J connectivity index is 1.34. The minimum Gasteiger partial charge on any atom is -0.488 e. The molecule has 4 aromatic rings. The summed E-state index contributed by atoms with van der Waals surface area (Å²) >= 11 is 0. The third kappa shape index (κ3) is 8.97. The van der Waals surface area contributed by atoms with Crippen LogP contribution in [0.5, 0.6) is 11.5 Å². The summed E-state index contributed by atoms with van der Waals surface area (Å²) in [6, 6.07) is 26.9. The van der Waals surface area contributed by atoms with Crippen molar-refractivity contribution in [2.24, 2.45) is 5.92 Å². The zero-order chi connectivity index (χ0) is 37.8. The van der Waals surface area contributed by atoms with Crippen LogP contribution in [0.4, 0.5) is 19.3 Å². The van der Waals surface area contributed by atoms with Crippen LogP contribution in [-0.2, 0) is 15.8 Å². The van der Waals surface area contributed by atoms with E-state index in [4.69, 9.17) is 13.9 Å². The first-order valence-corrected chi connectivity index (χ1v) is 21.2. The van der Waals surface area contributed by atoms with Gasteiger partial charge in [0.05, 0.1) is 18.1 Å². The molecule has 2 heterocycles. The lowest BCUT2D eigenvalue weighted by atomic mass is 9.78. The van der Waals surface area contributed by atoms with Gasteiger partial charge in [0.1, 0.15) is 29.7 Å². The summed E-state index contributed by atoms with van der Waals surface area (Å²) in [6.45, 7) is 13.6. The predicted octanol–water partition coefficient (Wildman–Crippen LogP) is 9.20. The van der Waals surface area contributed by atoms with Crippen LogP contribution in [0.25, 0.3) is 0 Å². The lowest BCUT2D eigenvalue weighted by Crippen LogP contribution is -2.55. The van der Waals surface area contributed by atoms with Gasteiger partial charge in [0.15, 0.2) is 8.32 Å². The summed E-state index contributed by atoms with van der Waals surface area (Å²) in [5, 5.41) is 3.17. The molecule has 0 unspecified atom stereocenters. The third-order valence-electron chi connectivity index (χ3n) is 10.7. The monoisotopic (exact) mass is 741 g/mol. The van der Waals surface area contributed by atoms with Gasteiger partial charge in [0.25, 0.3) is 0 Å². The highest BCUT2D eigenvalue weighted by atomic mass is 28.4. The van der Waals surface area contributed by atoms with Crippen molar-refractivity contribution in [2.45, 2.75) is 70.5 Å². The smallest absolute Gasteiger partial charge is 0.415 e. The average molecular weight is 742 g/mol. The van der Waals surface area contributed by atoms with Gasteiger partial charge in [-0.3, -0.25) is 4.79 Å². The highest BCUT2D eigenvalue weighted by Gasteiger charge is 2.50. The van der Waals surface area contributed by atoms with E-state index in [1.165, 1.54) is 24.3 Å². The van der Waals surface area contributed by atoms with Crippen LogP contribution in [0.15, 0.2) is 97.1 Å². The average Bonchev–Trinajstić information content (AvgIpc) is 3.14. The number of nitrogens with zero attached hydrogens (tertiary/aromatic N) is 2. The fourth-order valence-electron chi connectivity index (χ4n) is 6.61. The maximum absolute atomic E-state index is 14.2. The number of hydrogen-bond donors (Lipinski definition) is 1. The fourth-order valence-corrected chi connectivity index (χ4v) is 7.92. The summed E-state index contributed by atoms with van der Waals surface area (Å²) in [7, 11) is -2.28. The zero-order valence-corrected chi connectivity index (χ0v) is 32.1. The molecule has 2 saturated heterocycles. The molecular formula is C42H49F2N3O5Si. The zero-order valence-electron chi connectivity index (χ0n) is 31.1. The van der Waals surface area contributed by atoms with E-state index in [0.717, 1.165) is 16.7 Å². The van der Waals surface area contributed by atoms with Crippen molar-refractivity contribution >= 4 is 26.0 Å². The van der Waals surface area contributed by atoms with E-state index >= 15 is 0 Å². The summed E-state index contributed by atoms with van der Waals surface area (Å²) in [5.74, 6) is -0.498. The predicted molar refractivity (Wildman–Crippen MR) is 204 cm³/mol. The Morgan fingerprint density at radius 3 is 2.19 bits per heavy atom. The maximum atomic E-state index is 14.2. The van der Waals surface area contributed by atoms with Crippen molar-refractivity contribution < 1.29 is 32.3 Å². The van der Waals surface area contributed by atoms with Crippen LogP contribution in [-0.4, -0.2) is 51.4 Å². The number of carbonyl (C=O) groups excluding carboxylic acids is 2. The second kappa shape index (κ2) is 16.2. The number of halogens is 2. The molecule has 2 amide bonds. The van der Waals surface area contributed by atoms with Crippen molar-refractivity contribution in [3.05, 3.63) is 125 Å². The Morgan fingerprint density at radius 1 is 0.906 bits per heavy atom. The molecule has 53 heavy (non-hydrogen) atoms. The van der Waals surface area contributed by atoms with Crippen LogP contribution in [0.1, 0.15) is 62.4 Å². The SMILES string of the molecule is CC(C)(C)[Si](C)(C)O[C@@H](CC[C@H]1C(=O)N(c2ccc(F)cc2)[C@@H]1c1ccc(OC(=O)N2CCNCC2)cc1OCc1ccccc1)c1ccc(F)cc1. The van der Waals surface area contributed by atoms with Gasteiger partial charge in [0, 0.05) is 43.5 Å². The molecule has 2 aliphatic heterocycles. The van der Waals surface area contributed by atoms with Crippen LogP contribution in [0.3, 0.4) is 0 Å². The van der Waals surface area contributed by atoms with E-state index < -0.39 is 32.2 Å². The first-order chi connectivity index (χ1) is 25.3. The molecule has 8 nitrogen and oxygen atoms in total. The van der Waals surface area contributed by atoms with Crippen molar-refractivity contribution in [2.75, 3.05) is 31.1 Å². The second-order valence-electron chi connectivity index (χ2n) is 15.3. The fraction of sp³-hybridized carbons (Fsp3) is 0.381. The van der Waals surface area contributed by atoms with Gasteiger partial charge in [-0.15, -0.1) is 0 Å². The number of ether oxygens (including phenoxy) is 2. The molecule has 280 valence electrons. The first-order valence-electron chi connectivity index (χ1n) is 18.3. The van der Waals surface area contributed by atoms with Crippen LogP contribution < -0.4 is 19.7 Å². The van der Waals surface area contributed by atoms with Gasteiger partial charge < -0.3 is 29.0 Å². The standard InChI is InChI=1S/C42H49F2N3O5Si/c1-42(2,3)53(4,5)52-37(30-11-13-31(43)14-12-30)22-21-36-39(47(40(36)48)33-17-15-32(44)16-18-33)35-20-19-34(51-41(49)46-25-23-45-24-26-46)27-38(35)50-28-29-9-7-6-8-10-29/h6-20,27,36-37,39,45H,21-26,28H2,1-5H3/t36-,37+,39-/m1/s1. The number of anilines is 1. The number of hydrogen-bond acceptors (Lipinski definition) is 6. The molecule has 6 rings (SSSR count). The van der Waals surface area contributed by atoms with Crippen molar-refractivity contribution in [1.29, 1.82) is 0 Å². The lowest BCUT2D eigenvalue weighted by molar-refractivity contribution is -0.131. The minimum atomic E-state index is -2.28. The van der Waals surface area contributed by atoms with E-state index in [1.54, 1.807) is 46.2 Å². The van der Waals surface area contributed by atoms with E-state index in [1.807, 2.05) is 36.4 Å². The molecule has 2 fully saturated rings. The number of β-lactam (4-membered cyclic amide) rings is 1. The molecule has 0 bridgehead atoms. The number of carbonyl (C=O) groups is 2. The molecule has 3 atom stereocenters. The highest BCUT2D eigenvalue weighted by Crippen LogP contribution is 2.50. The molecule has 0 radical (unpaired) electrons. The Labute approximate surface area is 312 Å². The first kappa shape index (κ1) is 38.2. The number of rotatable bonds is 12. The van der Waals surface area contributed by atoms with Crippen molar-refractivity contribution in [3.63, 3.8) is 0 Å². The van der Waals surface area contributed by atoms with Gasteiger partial charge in [-0.2, -0.15) is 0 Å². The second-order valence-corrected chi connectivity index (χ2v) is 20.1. The molecule has 1 N–H and O–H groups in total. The molecule has 0 saturated carbocycles. The van der Waals surface area contributed by atoms with Crippen molar-refractivity contribution in [3.8, 4) is 11.5 Å². The third-order valence-corrected chi connectivity index (χ3v) is 15.2. The van der Waals surface area contributed by atoms with Gasteiger partial charge in [0.2, 0.25) is 5.91 Å². The normalized spacial score (nSPS) is 18.4. The number of nitrogens with one attached hydrogen (secondary N) is 1. The molecule has 0 aliphatic carbocycles. The van der Waals surface area contributed by atoms with Crippen LogP contribution in [0, 0.1) is 17.6 Å². The van der Waals surface area contributed by atoms with E-state index in [9.17, 15) is 18.4 Å². The summed E-state index contributed by atoms with van der Waals surface area (Å²) < 4.78 is 47.4. The van der Waals surface area contributed by atoms with Crippen LogP contribution in [0.2, 0.25) is 18.1 Å².